The van der Waals surface area contributed by atoms with Gasteiger partial charge in [-0.25, -0.2) is 4.98 Å². The number of hydrogen-bond acceptors (Lipinski definition) is 5. The number of hydrogen-bond donors (Lipinski definition) is 1. The standard InChI is InChI=1S/C12H14BrN5/c1-18(7-4-9-2-5-15-6-3-9)12-16-10(13)8-11(14)17-12/h2-3,5-6,8H,4,7H2,1H3,(H2,14,16,17). The first kappa shape index (κ1) is 12.8. The number of rotatable bonds is 4. The summed E-state index contributed by atoms with van der Waals surface area (Å²) in [7, 11) is 1.95. The second-order valence-corrected chi connectivity index (χ2v) is 4.76. The van der Waals surface area contributed by atoms with Crippen molar-refractivity contribution in [1.29, 1.82) is 0 Å². The lowest BCUT2D eigenvalue weighted by Crippen LogP contribution is -2.23. The molecule has 2 heterocycles. The number of likely N-dealkylation sites (N-methyl/N-ethyl adjacent to an activating group) is 1. The first-order valence-corrected chi connectivity index (χ1v) is 6.34. The van der Waals surface area contributed by atoms with Crippen molar-refractivity contribution < 1.29 is 0 Å². The highest BCUT2D eigenvalue weighted by Gasteiger charge is 2.06. The molecule has 0 aliphatic heterocycles. The summed E-state index contributed by atoms with van der Waals surface area (Å²) in [6.07, 6.45) is 4.50. The smallest absolute Gasteiger partial charge is 0.228 e. The van der Waals surface area contributed by atoms with Gasteiger partial charge in [0.05, 0.1) is 0 Å². The van der Waals surface area contributed by atoms with Crippen LogP contribution in [-0.4, -0.2) is 28.5 Å². The number of halogens is 1. The number of nitrogens with two attached hydrogens (primary N) is 1. The summed E-state index contributed by atoms with van der Waals surface area (Å²) in [4.78, 5) is 14.4. The van der Waals surface area contributed by atoms with E-state index in [-0.39, 0.29) is 0 Å². The average molecular weight is 308 g/mol. The molecule has 0 atom stereocenters. The Morgan fingerprint density at radius 3 is 2.67 bits per heavy atom. The highest BCUT2D eigenvalue weighted by Crippen LogP contribution is 2.15. The molecule has 0 aromatic carbocycles. The molecule has 0 unspecified atom stereocenters. The fraction of sp³-hybridized carbons (Fsp3) is 0.250. The van der Waals surface area contributed by atoms with Crippen molar-refractivity contribution in [3.05, 3.63) is 40.8 Å². The maximum atomic E-state index is 5.69. The first-order chi connectivity index (χ1) is 8.65. The number of aromatic nitrogens is 3. The van der Waals surface area contributed by atoms with Crippen LogP contribution in [0.2, 0.25) is 0 Å². The molecule has 2 rings (SSSR count). The lowest BCUT2D eigenvalue weighted by atomic mass is 10.2. The van der Waals surface area contributed by atoms with Crippen LogP contribution in [0, 0.1) is 0 Å². The normalized spacial score (nSPS) is 10.3. The molecule has 0 saturated heterocycles. The molecule has 0 spiro atoms. The summed E-state index contributed by atoms with van der Waals surface area (Å²) >= 11 is 3.31. The highest BCUT2D eigenvalue weighted by molar-refractivity contribution is 9.10. The van der Waals surface area contributed by atoms with Gasteiger partial charge in [-0.15, -0.1) is 0 Å². The summed E-state index contributed by atoms with van der Waals surface area (Å²) in [6, 6.07) is 5.69. The van der Waals surface area contributed by atoms with Crippen LogP contribution < -0.4 is 10.6 Å². The van der Waals surface area contributed by atoms with Crippen LogP contribution in [-0.2, 0) is 6.42 Å². The SMILES string of the molecule is CN(CCc1ccncc1)c1nc(N)cc(Br)n1. The van der Waals surface area contributed by atoms with Gasteiger partial charge in [0.1, 0.15) is 10.4 Å². The minimum Gasteiger partial charge on any atom is -0.383 e. The number of nitrogens with zero attached hydrogens (tertiary/aromatic N) is 4. The summed E-state index contributed by atoms with van der Waals surface area (Å²) < 4.78 is 0.695. The van der Waals surface area contributed by atoms with Crippen LogP contribution in [0.4, 0.5) is 11.8 Å². The molecule has 0 radical (unpaired) electrons. The summed E-state index contributed by atoms with van der Waals surface area (Å²) in [5.74, 6) is 1.08. The summed E-state index contributed by atoms with van der Waals surface area (Å²) in [5, 5.41) is 0. The zero-order valence-electron chi connectivity index (χ0n) is 10.0. The molecule has 5 nitrogen and oxygen atoms in total. The van der Waals surface area contributed by atoms with Crippen molar-refractivity contribution in [1.82, 2.24) is 15.0 Å². The van der Waals surface area contributed by atoms with E-state index in [1.54, 1.807) is 18.5 Å². The second kappa shape index (κ2) is 5.77. The molecule has 2 aromatic heterocycles. The Morgan fingerprint density at radius 2 is 2.00 bits per heavy atom. The topological polar surface area (TPSA) is 67.9 Å². The van der Waals surface area contributed by atoms with Crippen LogP contribution in [0.1, 0.15) is 5.56 Å². The fourth-order valence-corrected chi connectivity index (χ4v) is 1.93. The van der Waals surface area contributed by atoms with Gasteiger partial charge in [0, 0.05) is 32.1 Å². The minimum absolute atomic E-state index is 0.461. The lowest BCUT2D eigenvalue weighted by Gasteiger charge is -2.17. The number of nitrogen functional groups attached to an aromatic ring is 1. The van der Waals surface area contributed by atoms with E-state index in [4.69, 9.17) is 5.73 Å². The Balaban J connectivity index is 2.01. The number of pyridine rings is 1. The van der Waals surface area contributed by atoms with Gasteiger partial charge in [-0.3, -0.25) is 4.98 Å². The van der Waals surface area contributed by atoms with Gasteiger partial charge >= 0.3 is 0 Å². The molecular formula is C12H14BrN5. The Kier molecular flexibility index (Phi) is 4.09. The third kappa shape index (κ3) is 3.40. The van der Waals surface area contributed by atoms with E-state index < -0.39 is 0 Å². The maximum absolute atomic E-state index is 5.69. The van der Waals surface area contributed by atoms with Gasteiger partial charge in [-0.1, -0.05) is 0 Å². The van der Waals surface area contributed by atoms with Gasteiger partial charge in [-0.05, 0) is 40.0 Å². The van der Waals surface area contributed by atoms with E-state index in [2.05, 4.69) is 30.9 Å². The van der Waals surface area contributed by atoms with Crippen molar-refractivity contribution in [2.45, 2.75) is 6.42 Å². The molecule has 0 fully saturated rings. The molecule has 0 bridgehead atoms. The van der Waals surface area contributed by atoms with Crippen molar-refractivity contribution in [2.24, 2.45) is 0 Å². The van der Waals surface area contributed by atoms with E-state index in [0.29, 0.717) is 16.4 Å². The molecule has 2 N–H and O–H groups in total. The first-order valence-electron chi connectivity index (χ1n) is 5.55. The Bertz CT molecular complexity index is 497. The molecule has 6 heteroatoms. The zero-order valence-corrected chi connectivity index (χ0v) is 11.6. The van der Waals surface area contributed by atoms with Crippen LogP contribution in [0.5, 0.6) is 0 Å². The summed E-state index contributed by atoms with van der Waals surface area (Å²) in [6.45, 7) is 0.819. The van der Waals surface area contributed by atoms with Crippen LogP contribution in [0.25, 0.3) is 0 Å². The predicted octanol–water partition coefficient (Wildman–Crippen LogP) is 1.90. The van der Waals surface area contributed by atoms with E-state index in [1.165, 1.54) is 5.56 Å². The molecular weight excluding hydrogens is 294 g/mol. The Hall–Kier alpha value is -1.69. The predicted molar refractivity (Wildman–Crippen MR) is 75.4 cm³/mol. The van der Waals surface area contributed by atoms with Crippen molar-refractivity contribution in [3.8, 4) is 0 Å². The van der Waals surface area contributed by atoms with Gasteiger partial charge in [0.15, 0.2) is 0 Å². The van der Waals surface area contributed by atoms with Gasteiger partial charge < -0.3 is 10.6 Å². The lowest BCUT2D eigenvalue weighted by molar-refractivity contribution is 0.835. The van der Waals surface area contributed by atoms with Crippen LogP contribution in [0.15, 0.2) is 35.2 Å². The van der Waals surface area contributed by atoms with Gasteiger partial charge in [0.2, 0.25) is 5.95 Å². The fourth-order valence-electron chi connectivity index (χ4n) is 1.54. The van der Waals surface area contributed by atoms with Crippen molar-refractivity contribution in [2.75, 3.05) is 24.2 Å². The van der Waals surface area contributed by atoms with Crippen molar-refractivity contribution >= 4 is 27.7 Å². The monoisotopic (exact) mass is 307 g/mol. The van der Waals surface area contributed by atoms with Crippen molar-refractivity contribution in [3.63, 3.8) is 0 Å². The molecule has 0 saturated carbocycles. The van der Waals surface area contributed by atoms with E-state index in [0.717, 1.165) is 13.0 Å². The average Bonchev–Trinajstić information content (AvgIpc) is 2.36. The minimum atomic E-state index is 0.461. The van der Waals surface area contributed by atoms with E-state index in [1.807, 2.05) is 24.1 Å². The molecule has 18 heavy (non-hydrogen) atoms. The maximum Gasteiger partial charge on any atom is 0.228 e. The summed E-state index contributed by atoms with van der Waals surface area (Å²) in [5.41, 5.74) is 6.92. The molecule has 0 aliphatic carbocycles. The molecule has 2 aromatic rings. The molecule has 0 amide bonds. The molecule has 94 valence electrons. The van der Waals surface area contributed by atoms with Crippen LogP contribution in [0.3, 0.4) is 0 Å². The van der Waals surface area contributed by atoms with E-state index in [9.17, 15) is 0 Å². The Labute approximate surface area is 114 Å². The van der Waals surface area contributed by atoms with Gasteiger partial charge in [-0.2, -0.15) is 4.98 Å². The van der Waals surface area contributed by atoms with E-state index >= 15 is 0 Å². The largest absolute Gasteiger partial charge is 0.383 e. The third-order valence-electron chi connectivity index (χ3n) is 2.53. The molecule has 0 aliphatic rings. The van der Waals surface area contributed by atoms with Crippen LogP contribution >= 0.6 is 15.9 Å². The Morgan fingerprint density at radius 1 is 1.28 bits per heavy atom. The third-order valence-corrected chi connectivity index (χ3v) is 2.94. The zero-order chi connectivity index (χ0) is 13.0. The quantitative estimate of drug-likeness (QED) is 0.874. The highest BCUT2D eigenvalue weighted by atomic mass is 79.9. The van der Waals surface area contributed by atoms with Gasteiger partial charge in [0.25, 0.3) is 0 Å². The number of anilines is 2. The second-order valence-electron chi connectivity index (χ2n) is 3.94.